The van der Waals surface area contributed by atoms with E-state index in [1.165, 1.54) is 5.39 Å². The Labute approximate surface area is 152 Å². The number of nitrogens with two attached hydrogens (primary N) is 1. The highest BCUT2D eigenvalue weighted by Crippen LogP contribution is 2.23. The van der Waals surface area contributed by atoms with Crippen LogP contribution in [-0.4, -0.2) is 23.9 Å². The molecule has 0 bridgehead atoms. The van der Waals surface area contributed by atoms with Crippen molar-refractivity contribution in [3.05, 3.63) is 83.9 Å². The maximum atomic E-state index is 12.5. The number of nitrogens with one attached hydrogen (secondary N) is 1. The van der Waals surface area contributed by atoms with E-state index in [0.29, 0.717) is 6.54 Å². The summed E-state index contributed by atoms with van der Waals surface area (Å²) in [5, 5.41) is 4.52. The third kappa shape index (κ3) is 4.07. The molecule has 0 saturated carbocycles. The minimum atomic E-state index is -0.852. The quantitative estimate of drug-likeness (QED) is 0.744. The van der Waals surface area contributed by atoms with Gasteiger partial charge in [-0.3, -0.25) is 15.0 Å². The molecule has 0 unspecified atom stereocenters. The van der Waals surface area contributed by atoms with Crippen LogP contribution >= 0.6 is 0 Å². The number of hydrogen-bond acceptors (Lipinski definition) is 3. The number of amides is 3. The van der Waals surface area contributed by atoms with Gasteiger partial charge >= 0.3 is 6.03 Å². The number of benzene rings is 3. The summed E-state index contributed by atoms with van der Waals surface area (Å²) in [6.45, 7) is 0.552. The lowest BCUT2D eigenvalue weighted by Crippen LogP contribution is -2.43. The number of imide groups is 1. The summed E-state index contributed by atoms with van der Waals surface area (Å²) < 4.78 is 0. The molecule has 0 aliphatic carbocycles. The molecule has 0 saturated heterocycles. The normalized spacial score (nSPS) is 12.1. The molecule has 0 aliphatic heterocycles. The molecular weight excluding hydrogens is 326 g/mol. The van der Waals surface area contributed by atoms with Crippen molar-refractivity contribution in [2.45, 2.75) is 12.6 Å². The van der Waals surface area contributed by atoms with Crippen molar-refractivity contribution in [1.29, 1.82) is 0 Å². The lowest BCUT2D eigenvalue weighted by Gasteiger charge is -2.27. The molecule has 0 aromatic heterocycles. The van der Waals surface area contributed by atoms with E-state index in [-0.39, 0.29) is 0 Å². The van der Waals surface area contributed by atoms with Crippen LogP contribution in [0.1, 0.15) is 17.2 Å². The highest BCUT2D eigenvalue weighted by Gasteiger charge is 2.26. The summed E-state index contributed by atoms with van der Waals surface area (Å²) in [7, 11) is 1.85. The third-order valence-corrected chi connectivity index (χ3v) is 4.30. The third-order valence-electron chi connectivity index (χ3n) is 4.30. The largest absolute Gasteiger partial charge is 0.351 e. The number of fused-ring (bicyclic) bond motifs is 1. The summed E-state index contributed by atoms with van der Waals surface area (Å²) in [5.74, 6) is -0.438. The first-order valence-electron chi connectivity index (χ1n) is 8.38. The number of hydrogen-bond donors (Lipinski definition) is 2. The second kappa shape index (κ2) is 7.80. The Kier molecular flexibility index (Phi) is 5.29. The van der Waals surface area contributed by atoms with Gasteiger partial charge in [0.1, 0.15) is 6.04 Å². The molecule has 3 aromatic rings. The van der Waals surface area contributed by atoms with E-state index in [1.54, 1.807) is 0 Å². The average Bonchev–Trinajstić information content (AvgIpc) is 2.62. The second-order valence-corrected chi connectivity index (χ2v) is 6.26. The van der Waals surface area contributed by atoms with E-state index < -0.39 is 18.0 Å². The van der Waals surface area contributed by atoms with Gasteiger partial charge in [-0.1, -0.05) is 66.7 Å². The molecule has 3 rings (SSSR count). The van der Waals surface area contributed by atoms with Crippen molar-refractivity contribution in [2.24, 2.45) is 5.73 Å². The molecule has 0 fully saturated rings. The number of carbonyl (C=O) groups excluding carboxylic acids is 2. The molecule has 0 radical (unpaired) electrons. The summed E-state index contributed by atoms with van der Waals surface area (Å²) in [6.07, 6.45) is 0. The van der Waals surface area contributed by atoms with E-state index in [4.69, 9.17) is 5.73 Å². The van der Waals surface area contributed by atoms with Gasteiger partial charge in [0, 0.05) is 6.54 Å². The van der Waals surface area contributed by atoms with E-state index >= 15 is 0 Å². The molecule has 0 heterocycles. The van der Waals surface area contributed by atoms with Gasteiger partial charge in [0.25, 0.3) is 0 Å². The van der Waals surface area contributed by atoms with E-state index in [1.807, 2.05) is 60.5 Å². The molecule has 0 aliphatic rings. The maximum Gasteiger partial charge on any atom is 0.318 e. The van der Waals surface area contributed by atoms with Crippen LogP contribution in [0.15, 0.2) is 72.8 Å². The van der Waals surface area contributed by atoms with Crippen molar-refractivity contribution in [1.82, 2.24) is 10.2 Å². The number of likely N-dealkylation sites (N-methyl/N-ethyl adjacent to an activating group) is 1. The summed E-state index contributed by atoms with van der Waals surface area (Å²) in [4.78, 5) is 25.6. The molecule has 3 N–H and O–H groups in total. The lowest BCUT2D eigenvalue weighted by atomic mass is 10.0. The Balaban J connectivity index is 1.87. The van der Waals surface area contributed by atoms with Gasteiger partial charge in [0.05, 0.1) is 0 Å². The topological polar surface area (TPSA) is 75.4 Å². The van der Waals surface area contributed by atoms with Gasteiger partial charge in [0.15, 0.2) is 0 Å². The van der Waals surface area contributed by atoms with Crippen molar-refractivity contribution < 1.29 is 9.59 Å². The molecule has 1 atom stereocenters. The Morgan fingerprint density at radius 2 is 1.62 bits per heavy atom. The van der Waals surface area contributed by atoms with Crippen molar-refractivity contribution in [2.75, 3.05) is 7.05 Å². The fourth-order valence-electron chi connectivity index (χ4n) is 3.15. The highest BCUT2D eigenvalue weighted by molar-refractivity contribution is 5.96. The van der Waals surface area contributed by atoms with Crippen LogP contribution in [0.2, 0.25) is 0 Å². The predicted molar refractivity (Wildman–Crippen MR) is 102 cm³/mol. The highest BCUT2D eigenvalue weighted by atomic mass is 16.2. The van der Waals surface area contributed by atoms with E-state index in [9.17, 15) is 9.59 Å². The number of carbonyl (C=O) groups is 2. The smallest absolute Gasteiger partial charge is 0.318 e. The molecule has 5 heteroatoms. The van der Waals surface area contributed by atoms with Crippen LogP contribution in [0.3, 0.4) is 0 Å². The second-order valence-electron chi connectivity index (χ2n) is 6.26. The fraction of sp³-hybridized carbons (Fsp3) is 0.143. The van der Waals surface area contributed by atoms with E-state index in [0.717, 1.165) is 16.5 Å². The van der Waals surface area contributed by atoms with Crippen LogP contribution in [0.25, 0.3) is 10.8 Å². The fourth-order valence-corrected chi connectivity index (χ4v) is 3.15. The summed E-state index contributed by atoms with van der Waals surface area (Å²) in [6, 6.07) is 22.2. The van der Waals surface area contributed by atoms with Gasteiger partial charge in [-0.15, -0.1) is 0 Å². The zero-order chi connectivity index (χ0) is 18.5. The van der Waals surface area contributed by atoms with Gasteiger partial charge < -0.3 is 5.73 Å². The monoisotopic (exact) mass is 347 g/mol. The summed E-state index contributed by atoms with van der Waals surface area (Å²) >= 11 is 0. The Morgan fingerprint density at radius 1 is 0.962 bits per heavy atom. The van der Waals surface area contributed by atoms with E-state index in [2.05, 4.69) is 29.6 Å². The van der Waals surface area contributed by atoms with Crippen LogP contribution < -0.4 is 11.1 Å². The molecule has 0 spiro atoms. The minimum absolute atomic E-state index is 0.438. The molecule has 26 heavy (non-hydrogen) atoms. The molecule has 132 valence electrons. The van der Waals surface area contributed by atoms with Crippen LogP contribution in [0.4, 0.5) is 4.79 Å². The number of rotatable bonds is 5. The van der Waals surface area contributed by atoms with Crippen LogP contribution in [0.5, 0.6) is 0 Å². The standard InChI is InChI=1S/C21H21N3O2/c1-24(14-15-11-12-16-7-5-6-10-18(16)13-15)19(20(25)23-21(22)26)17-8-3-2-4-9-17/h2-13,19H,14H2,1H3,(H3,22,23,25,26)/t19-/m0/s1. The first-order chi connectivity index (χ1) is 12.5. The molecular formula is C21H21N3O2. The van der Waals surface area contributed by atoms with Crippen LogP contribution in [0, 0.1) is 0 Å². The maximum absolute atomic E-state index is 12.5. The lowest BCUT2D eigenvalue weighted by molar-refractivity contribution is -0.125. The zero-order valence-electron chi connectivity index (χ0n) is 14.6. The first-order valence-corrected chi connectivity index (χ1v) is 8.38. The van der Waals surface area contributed by atoms with Crippen LogP contribution in [-0.2, 0) is 11.3 Å². The summed E-state index contributed by atoms with van der Waals surface area (Å²) in [5.41, 5.74) is 7.02. The number of urea groups is 1. The van der Waals surface area contributed by atoms with Crippen molar-refractivity contribution in [3.8, 4) is 0 Å². The molecule has 3 amide bonds. The van der Waals surface area contributed by atoms with Crippen molar-refractivity contribution in [3.63, 3.8) is 0 Å². The zero-order valence-corrected chi connectivity index (χ0v) is 14.6. The van der Waals surface area contributed by atoms with Gasteiger partial charge in [-0.25, -0.2) is 4.79 Å². The Bertz CT molecular complexity index is 925. The van der Waals surface area contributed by atoms with Gasteiger partial charge in [0.2, 0.25) is 5.91 Å². The Morgan fingerprint density at radius 3 is 2.31 bits per heavy atom. The molecule has 5 nitrogen and oxygen atoms in total. The SMILES string of the molecule is CN(Cc1ccc2ccccc2c1)[C@H](C(=O)NC(N)=O)c1ccccc1. The van der Waals surface area contributed by atoms with Gasteiger partial charge in [-0.05, 0) is 35.0 Å². The number of nitrogens with zero attached hydrogens (tertiary/aromatic N) is 1. The Hall–Kier alpha value is -3.18. The average molecular weight is 347 g/mol. The molecule has 3 aromatic carbocycles. The number of primary amides is 1. The minimum Gasteiger partial charge on any atom is -0.351 e. The first kappa shape index (κ1) is 17.6. The van der Waals surface area contributed by atoms with Crippen molar-refractivity contribution >= 4 is 22.7 Å². The van der Waals surface area contributed by atoms with Gasteiger partial charge in [-0.2, -0.15) is 0 Å². The predicted octanol–water partition coefficient (Wildman–Crippen LogP) is 3.21.